The molecular formula is C13H18ClNO2. The average molecular weight is 256 g/mol. The van der Waals surface area contributed by atoms with Gasteiger partial charge in [-0.25, -0.2) is 4.98 Å². The van der Waals surface area contributed by atoms with Crippen molar-refractivity contribution in [2.45, 2.75) is 38.2 Å². The number of hydrogen-bond acceptors (Lipinski definition) is 3. The fourth-order valence-electron chi connectivity index (χ4n) is 1.92. The van der Waals surface area contributed by atoms with Gasteiger partial charge in [-0.15, -0.1) is 11.6 Å². The predicted molar refractivity (Wildman–Crippen MR) is 67.6 cm³/mol. The van der Waals surface area contributed by atoms with Crippen LogP contribution in [0.2, 0.25) is 0 Å². The molecule has 2 heterocycles. The van der Waals surface area contributed by atoms with Crippen LogP contribution in [-0.4, -0.2) is 24.3 Å². The van der Waals surface area contributed by atoms with Crippen LogP contribution in [0.4, 0.5) is 0 Å². The Morgan fingerprint density at radius 1 is 1.53 bits per heavy atom. The third kappa shape index (κ3) is 3.58. The molecule has 94 valence electrons. The zero-order valence-corrected chi connectivity index (χ0v) is 10.9. The molecule has 1 saturated heterocycles. The molecular weight excluding hydrogens is 238 g/mol. The number of nitrogens with zero attached hydrogens (tertiary/aromatic N) is 1. The fourth-order valence-corrected chi connectivity index (χ4v) is 2.07. The Labute approximate surface area is 107 Å². The van der Waals surface area contributed by atoms with E-state index in [9.17, 15) is 0 Å². The topological polar surface area (TPSA) is 31.4 Å². The number of alkyl halides is 1. The summed E-state index contributed by atoms with van der Waals surface area (Å²) in [6.07, 6.45) is 3.12. The number of aromatic nitrogens is 1. The van der Waals surface area contributed by atoms with Gasteiger partial charge in [0.05, 0.1) is 13.2 Å². The first-order valence-corrected chi connectivity index (χ1v) is 6.65. The molecule has 0 spiro atoms. The van der Waals surface area contributed by atoms with Gasteiger partial charge in [-0.3, -0.25) is 0 Å². The van der Waals surface area contributed by atoms with Crippen LogP contribution < -0.4 is 4.74 Å². The van der Waals surface area contributed by atoms with E-state index in [2.05, 4.69) is 18.0 Å². The van der Waals surface area contributed by atoms with Gasteiger partial charge in [-0.2, -0.15) is 0 Å². The van der Waals surface area contributed by atoms with Gasteiger partial charge in [0, 0.05) is 24.1 Å². The minimum absolute atomic E-state index is 0.141. The van der Waals surface area contributed by atoms with Crippen molar-refractivity contribution in [3.05, 3.63) is 23.4 Å². The third-order valence-electron chi connectivity index (χ3n) is 2.75. The van der Waals surface area contributed by atoms with Crippen LogP contribution in [0.15, 0.2) is 12.1 Å². The van der Waals surface area contributed by atoms with Gasteiger partial charge in [0.1, 0.15) is 6.10 Å². The van der Waals surface area contributed by atoms with E-state index in [0.717, 1.165) is 37.1 Å². The molecule has 1 aliphatic heterocycles. The van der Waals surface area contributed by atoms with E-state index in [0.29, 0.717) is 18.4 Å². The first-order valence-electron chi connectivity index (χ1n) is 6.12. The van der Waals surface area contributed by atoms with E-state index in [1.54, 1.807) is 0 Å². The van der Waals surface area contributed by atoms with Crippen molar-refractivity contribution in [2.24, 2.45) is 0 Å². The molecule has 2 rings (SSSR count). The van der Waals surface area contributed by atoms with Crippen molar-refractivity contribution in [1.82, 2.24) is 4.98 Å². The Morgan fingerprint density at radius 3 is 3.06 bits per heavy atom. The van der Waals surface area contributed by atoms with E-state index in [4.69, 9.17) is 21.1 Å². The molecule has 4 heteroatoms. The molecule has 0 aliphatic carbocycles. The monoisotopic (exact) mass is 255 g/mol. The molecule has 0 bridgehead atoms. The predicted octanol–water partition coefficient (Wildman–Crippen LogP) is 2.94. The van der Waals surface area contributed by atoms with E-state index < -0.39 is 0 Å². The first-order chi connectivity index (χ1) is 8.31. The van der Waals surface area contributed by atoms with E-state index in [1.165, 1.54) is 0 Å². The minimum Gasteiger partial charge on any atom is -0.472 e. The summed E-state index contributed by atoms with van der Waals surface area (Å²) in [5, 5.41) is 0. The average Bonchev–Trinajstić information content (AvgIpc) is 2.82. The smallest absolute Gasteiger partial charge is 0.214 e. The molecule has 1 unspecified atom stereocenters. The maximum atomic E-state index is 5.88. The number of rotatable bonds is 5. The van der Waals surface area contributed by atoms with Crippen molar-refractivity contribution < 1.29 is 9.47 Å². The standard InChI is InChI=1S/C13H18ClNO2/c1-2-3-11-6-10(8-14)7-13(15-11)17-12-4-5-16-9-12/h6-7,12H,2-5,8-9H2,1H3. The normalized spacial score (nSPS) is 19.5. The van der Waals surface area contributed by atoms with Crippen LogP contribution in [-0.2, 0) is 17.0 Å². The zero-order chi connectivity index (χ0) is 12.1. The Bertz CT molecular complexity index is 364. The molecule has 1 aromatic rings. The summed E-state index contributed by atoms with van der Waals surface area (Å²) < 4.78 is 11.1. The highest BCUT2D eigenvalue weighted by Gasteiger charge is 2.18. The van der Waals surface area contributed by atoms with Crippen LogP contribution in [0.1, 0.15) is 31.0 Å². The van der Waals surface area contributed by atoms with Crippen LogP contribution >= 0.6 is 11.6 Å². The van der Waals surface area contributed by atoms with Gasteiger partial charge >= 0.3 is 0 Å². The number of halogens is 1. The highest BCUT2D eigenvalue weighted by molar-refractivity contribution is 6.17. The lowest BCUT2D eigenvalue weighted by Gasteiger charge is -2.12. The summed E-state index contributed by atoms with van der Waals surface area (Å²) in [5.74, 6) is 1.18. The van der Waals surface area contributed by atoms with E-state index in [-0.39, 0.29) is 6.10 Å². The second-order valence-corrected chi connectivity index (χ2v) is 4.56. The van der Waals surface area contributed by atoms with Crippen molar-refractivity contribution in [3.8, 4) is 5.88 Å². The quantitative estimate of drug-likeness (QED) is 0.758. The fraction of sp³-hybridized carbons (Fsp3) is 0.615. The molecule has 3 nitrogen and oxygen atoms in total. The number of aryl methyl sites for hydroxylation is 1. The van der Waals surface area contributed by atoms with Gasteiger partial charge < -0.3 is 9.47 Å². The SMILES string of the molecule is CCCc1cc(CCl)cc(OC2CCOC2)n1. The molecule has 0 N–H and O–H groups in total. The highest BCUT2D eigenvalue weighted by Crippen LogP contribution is 2.19. The maximum Gasteiger partial charge on any atom is 0.214 e. The van der Waals surface area contributed by atoms with Crippen molar-refractivity contribution in [3.63, 3.8) is 0 Å². The third-order valence-corrected chi connectivity index (χ3v) is 3.06. The van der Waals surface area contributed by atoms with Crippen molar-refractivity contribution in [2.75, 3.05) is 13.2 Å². The molecule has 1 aromatic heterocycles. The maximum absolute atomic E-state index is 5.88. The minimum atomic E-state index is 0.141. The van der Waals surface area contributed by atoms with E-state index in [1.807, 2.05) is 6.07 Å². The van der Waals surface area contributed by atoms with Crippen LogP contribution in [0.25, 0.3) is 0 Å². The summed E-state index contributed by atoms with van der Waals surface area (Å²) >= 11 is 5.88. The molecule has 0 amide bonds. The second kappa shape index (κ2) is 6.22. The zero-order valence-electron chi connectivity index (χ0n) is 10.1. The second-order valence-electron chi connectivity index (χ2n) is 4.29. The van der Waals surface area contributed by atoms with Gasteiger partial charge in [-0.1, -0.05) is 13.3 Å². The number of pyridine rings is 1. The van der Waals surface area contributed by atoms with Crippen LogP contribution in [0.3, 0.4) is 0 Å². The van der Waals surface area contributed by atoms with Gasteiger partial charge in [0.25, 0.3) is 0 Å². The molecule has 0 saturated carbocycles. The Hall–Kier alpha value is -0.800. The van der Waals surface area contributed by atoms with E-state index >= 15 is 0 Å². The Kier molecular flexibility index (Phi) is 4.63. The molecule has 1 aliphatic rings. The summed E-state index contributed by atoms with van der Waals surface area (Å²) in [6.45, 7) is 3.58. The molecule has 1 atom stereocenters. The number of hydrogen-bond donors (Lipinski definition) is 0. The Balaban J connectivity index is 2.10. The van der Waals surface area contributed by atoms with Gasteiger partial charge in [0.15, 0.2) is 0 Å². The van der Waals surface area contributed by atoms with Crippen LogP contribution in [0, 0.1) is 0 Å². The molecule has 17 heavy (non-hydrogen) atoms. The van der Waals surface area contributed by atoms with Gasteiger partial charge in [0.2, 0.25) is 5.88 Å². The highest BCUT2D eigenvalue weighted by atomic mass is 35.5. The van der Waals surface area contributed by atoms with Crippen LogP contribution in [0.5, 0.6) is 5.88 Å². The van der Waals surface area contributed by atoms with Gasteiger partial charge in [-0.05, 0) is 18.1 Å². The molecule has 0 aromatic carbocycles. The summed E-state index contributed by atoms with van der Waals surface area (Å²) in [7, 11) is 0. The van der Waals surface area contributed by atoms with Crippen molar-refractivity contribution in [1.29, 1.82) is 0 Å². The lowest BCUT2D eigenvalue weighted by Crippen LogP contribution is -2.16. The lowest BCUT2D eigenvalue weighted by atomic mass is 10.2. The first kappa shape index (κ1) is 12.7. The largest absolute Gasteiger partial charge is 0.472 e. The molecule has 1 fully saturated rings. The van der Waals surface area contributed by atoms with Crippen molar-refractivity contribution >= 4 is 11.6 Å². The number of ether oxygens (including phenoxy) is 2. The molecule has 0 radical (unpaired) electrons. The lowest BCUT2D eigenvalue weighted by molar-refractivity contribution is 0.138. The summed E-state index contributed by atoms with van der Waals surface area (Å²) in [5.41, 5.74) is 2.12. The summed E-state index contributed by atoms with van der Waals surface area (Å²) in [6, 6.07) is 3.97. The Morgan fingerprint density at radius 2 is 2.41 bits per heavy atom. The summed E-state index contributed by atoms with van der Waals surface area (Å²) in [4.78, 5) is 4.50.